The highest BCUT2D eigenvalue weighted by molar-refractivity contribution is 5.90. The predicted octanol–water partition coefficient (Wildman–Crippen LogP) is 2.64. The minimum Gasteiger partial charge on any atom is -0.469 e. The standard InChI is InChI=1S/C26H26N4O5/c1-12(2)19-23-30-20(24(32)33-3)21(35-23)26-14-6-4-5-7-17(14)28-25(26)34-18-9-8-13(10-15(18)26)11-16(27)22(31)29-19/h4-10,12,16,19,25,28H,11,27H2,1-3H3,(H,29,31)/t16?,19-,25?,26-/m0/s1. The lowest BCUT2D eigenvalue weighted by Gasteiger charge is -2.28. The Morgan fingerprint density at radius 2 is 2.00 bits per heavy atom. The molecule has 1 amide bonds. The van der Waals surface area contributed by atoms with Crippen molar-refractivity contribution in [3.05, 3.63) is 76.5 Å². The van der Waals surface area contributed by atoms with E-state index in [1.165, 1.54) is 7.11 Å². The summed E-state index contributed by atoms with van der Waals surface area (Å²) in [4.78, 5) is 30.6. The van der Waals surface area contributed by atoms with E-state index in [-0.39, 0.29) is 23.4 Å². The number of benzene rings is 2. The van der Waals surface area contributed by atoms with Gasteiger partial charge in [0.1, 0.15) is 17.2 Å². The molecule has 0 radical (unpaired) electrons. The number of methoxy groups -OCH3 is 1. The maximum Gasteiger partial charge on any atom is 0.360 e. The van der Waals surface area contributed by atoms with Crippen molar-refractivity contribution in [3.63, 3.8) is 0 Å². The number of fused-ring (bicyclic) bond motifs is 4. The lowest BCUT2D eigenvalue weighted by Crippen LogP contribution is -2.45. The van der Waals surface area contributed by atoms with Crippen LogP contribution in [0.25, 0.3) is 0 Å². The molecule has 9 heteroatoms. The Morgan fingerprint density at radius 1 is 1.20 bits per heavy atom. The molecule has 0 aliphatic carbocycles. The zero-order chi connectivity index (χ0) is 24.5. The molecule has 0 fully saturated rings. The smallest absolute Gasteiger partial charge is 0.360 e. The largest absolute Gasteiger partial charge is 0.469 e. The number of esters is 1. The van der Waals surface area contributed by atoms with Gasteiger partial charge in [-0.2, -0.15) is 0 Å². The van der Waals surface area contributed by atoms with Gasteiger partial charge in [-0.15, -0.1) is 0 Å². The molecule has 0 saturated heterocycles. The number of anilines is 1. The van der Waals surface area contributed by atoms with Gasteiger partial charge >= 0.3 is 5.97 Å². The van der Waals surface area contributed by atoms with Crippen molar-refractivity contribution in [2.75, 3.05) is 12.4 Å². The second-order valence-electron chi connectivity index (χ2n) is 9.59. The van der Waals surface area contributed by atoms with Gasteiger partial charge in [0, 0.05) is 11.3 Å². The molecule has 9 nitrogen and oxygen atoms in total. The summed E-state index contributed by atoms with van der Waals surface area (Å²) in [5, 5.41) is 6.43. The van der Waals surface area contributed by atoms with Crippen LogP contribution in [-0.4, -0.2) is 36.2 Å². The highest BCUT2D eigenvalue weighted by atomic mass is 16.5. The Bertz CT molecular complexity index is 1370. The number of nitrogens with two attached hydrogens (primary N) is 1. The number of ether oxygens (including phenoxy) is 2. The number of aromatic nitrogens is 1. The number of carbonyl (C=O) groups excluding carboxylic acids is 2. The quantitative estimate of drug-likeness (QED) is 0.484. The average molecular weight is 475 g/mol. The summed E-state index contributed by atoms with van der Waals surface area (Å²) in [5.74, 6) is 0.172. The monoisotopic (exact) mass is 474 g/mol. The Kier molecular flexibility index (Phi) is 4.69. The maximum atomic E-state index is 13.0. The van der Waals surface area contributed by atoms with E-state index in [0.717, 1.165) is 22.4 Å². The van der Waals surface area contributed by atoms with Gasteiger partial charge in [0.25, 0.3) is 0 Å². The third kappa shape index (κ3) is 2.94. The molecule has 1 aromatic heterocycles. The molecule has 4 atom stereocenters. The summed E-state index contributed by atoms with van der Waals surface area (Å²) in [5.41, 5.74) is 8.84. The van der Waals surface area contributed by atoms with Crippen molar-refractivity contribution < 1.29 is 23.5 Å². The molecule has 3 aromatic rings. The van der Waals surface area contributed by atoms with E-state index >= 15 is 0 Å². The second-order valence-corrected chi connectivity index (χ2v) is 9.59. The number of hydrogen-bond donors (Lipinski definition) is 3. The van der Waals surface area contributed by atoms with Crippen LogP contribution in [0.4, 0.5) is 5.69 Å². The van der Waals surface area contributed by atoms with Gasteiger partial charge in [0.05, 0.1) is 13.2 Å². The maximum absolute atomic E-state index is 13.0. The van der Waals surface area contributed by atoms with Crippen LogP contribution in [0, 0.1) is 5.92 Å². The molecule has 3 aliphatic heterocycles. The number of rotatable bonds is 2. The molecule has 6 rings (SSSR count). The van der Waals surface area contributed by atoms with Gasteiger partial charge in [0.2, 0.25) is 11.8 Å². The number of amides is 1. The summed E-state index contributed by atoms with van der Waals surface area (Å²) in [6.45, 7) is 3.88. The molecule has 2 aromatic carbocycles. The zero-order valence-corrected chi connectivity index (χ0v) is 19.6. The molecule has 35 heavy (non-hydrogen) atoms. The number of nitrogens with one attached hydrogen (secondary N) is 2. The highest BCUT2D eigenvalue weighted by Crippen LogP contribution is 2.58. The van der Waals surface area contributed by atoms with Crippen molar-refractivity contribution >= 4 is 17.6 Å². The number of carbonyl (C=O) groups is 2. The van der Waals surface area contributed by atoms with Crippen LogP contribution in [-0.2, 0) is 21.4 Å². The molecule has 2 unspecified atom stereocenters. The normalized spacial score (nSPS) is 26.0. The van der Waals surface area contributed by atoms with Gasteiger partial charge in [-0.25, -0.2) is 9.78 Å². The first kappa shape index (κ1) is 21.7. The van der Waals surface area contributed by atoms with Gasteiger partial charge in [-0.05, 0) is 35.6 Å². The van der Waals surface area contributed by atoms with Crippen molar-refractivity contribution in [3.8, 4) is 5.75 Å². The summed E-state index contributed by atoms with van der Waals surface area (Å²) >= 11 is 0. The first-order chi connectivity index (χ1) is 16.8. The van der Waals surface area contributed by atoms with Crippen LogP contribution in [0.2, 0.25) is 0 Å². The Labute approximate surface area is 202 Å². The van der Waals surface area contributed by atoms with Crippen LogP contribution in [0.3, 0.4) is 0 Å². The van der Waals surface area contributed by atoms with Gasteiger partial charge in [0.15, 0.2) is 17.7 Å². The Hall–Kier alpha value is -3.85. The summed E-state index contributed by atoms with van der Waals surface area (Å²) in [6.07, 6.45) is -0.228. The van der Waals surface area contributed by atoms with Crippen LogP contribution in [0.1, 0.15) is 58.7 Å². The van der Waals surface area contributed by atoms with Gasteiger partial charge in [-0.1, -0.05) is 44.2 Å². The fourth-order valence-corrected chi connectivity index (χ4v) is 5.45. The van der Waals surface area contributed by atoms with E-state index in [9.17, 15) is 9.59 Å². The van der Waals surface area contributed by atoms with Gasteiger partial charge < -0.3 is 30.3 Å². The van der Waals surface area contributed by atoms with Crippen LogP contribution in [0.15, 0.2) is 46.9 Å². The first-order valence-electron chi connectivity index (χ1n) is 11.7. The molecule has 1 spiro atoms. The molecule has 0 saturated carbocycles. The van der Waals surface area contributed by atoms with Crippen molar-refractivity contribution in [1.29, 1.82) is 0 Å². The van der Waals surface area contributed by atoms with Crippen LogP contribution in [0.5, 0.6) is 5.75 Å². The summed E-state index contributed by atoms with van der Waals surface area (Å²) in [6, 6.07) is 12.2. The number of oxazole rings is 1. The minimum absolute atomic E-state index is 0.0521. The molecule has 3 aliphatic rings. The van der Waals surface area contributed by atoms with E-state index < -0.39 is 29.7 Å². The molecule has 4 heterocycles. The zero-order valence-electron chi connectivity index (χ0n) is 19.6. The van der Waals surface area contributed by atoms with Gasteiger partial charge in [-0.3, -0.25) is 4.79 Å². The lowest BCUT2D eigenvalue weighted by atomic mass is 9.72. The lowest BCUT2D eigenvalue weighted by molar-refractivity contribution is -0.123. The minimum atomic E-state index is -0.995. The molecular weight excluding hydrogens is 448 g/mol. The van der Waals surface area contributed by atoms with E-state index in [1.54, 1.807) is 0 Å². The first-order valence-corrected chi connectivity index (χ1v) is 11.7. The summed E-state index contributed by atoms with van der Waals surface area (Å²) in [7, 11) is 1.31. The van der Waals surface area contributed by atoms with E-state index in [4.69, 9.17) is 19.6 Å². The summed E-state index contributed by atoms with van der Waals surface area (Å²) < 4.78 is 18.0. The number of nitrogens with zero attached hydrogens (tertiary/aromatic N) is 1. The third-order valence-electron chi connectivity index (χ3n) is 7.15. The Morgan fingerprint density at radius 3 is 2.77 bits per heavy atom. The SMILES string of the molecule is COC(=O)c1nc2oc1[C@@]13c4ccccc4NC1Oc1ccc(cc13)CC(N)C(=O)N[C@H]2C(C)C. The fourth-order valence-electron chi connectivity index (χ4n) is 5.45. The van der Waals surface area contributed by atoms with E-state index in [2.05, 4.69) is 15.6 Å². The topological polar surface area (TPSA) is 129 Å². The third-order valence-corrected chi connectivity index (χ3v) is 7.15. The molecule has 4 bridgehead atoms. The average Bonchev–Trinajstić information content (AvgIpc) is 3.50. The second kappa shape index (κ2) is 7.58. The predicted molar refractivity (Wildman–Crippen MR) is 126 cm³/mol. The van der Waals surface area contributed by atoms with Crippen LogP contribution < -0.4 is 21.1 Å². The molecular formula is C26H26N4O5. The van der Waals surface area contributed by atoms with E-state index in [0.29, 0.717) is 17.9 Å². The van der Waals surface area contributed by atoms with Crippen molar-refractivity contribution in [2.45, 2.75) is 44.0 Å². The molecule has 4 N–H and O–H groups in total. The Balaban J connectivity index is 1.71. The fraction of sp³-hybridized carbons (Fsp3) is 0.346. The number of para-hydroxylation sites is 1. The van der Waals surface area contributed by atoms with Crippen molar-refractivity contribution in [1.82, 2.24) is 10.3 Å². The molecule has 180 valence electrons. The van der Waals surface area contributed by atoms with E-state index in [1.807, 2.05) is 56.3 Å². The van der Waals surface area contributed by atoms with Crippen molar-refractivity contribution in [2.24, 2.45) is 11.7 Å². The van der Waals surface area contributed by atoms with Crippen LogP contribution >= 0.6 is 0 Å². The number of hydrogen-bond acceptors (Lipinski definition) is 8. The highest BCUT2D eigenvalue weighted by Gasteiger charge is 2.61.